The number of phenols is 1. The van der Waals surface area contributed by atoms with Crippen LogP contribution in [0, 0.1) is 5.82 Å². The maximum Gasteiger partial charge on any atom is 0.163 e. The summed E-state index contributed by atoms with van der Waals surface area (Å²) in [7, 11) is 0. The van der Waals surface area contributed by atoms with Gasteiger partial charge in [0.05, 0.1) is 18.2 Å². The van der Waals surface area contributed by atoms with E-state index in [1.54, 1.807) is 5.06 Å². The first-order chi connectivity index (χ1) is 12.1. The van der Waals surface area contributed by atoms with Crippen LogP contribution in [0.25, 0.3) is 5.76 Å². The van der Waals surface area contributed by atoms with Gasteiger partial charge in [-0.1, -0.05) is 42.5 Å². The molecule has 1 aliphatic rings. The first kappa shape index (κ1) is 16.9. The average Bonchev–Trinajstić information content (AvgIpc) is 2.97. The predicted octanol–water partition coefficient (Wildman–Crippen LogP) is 3.83. The molecule has 1 N–H and O–H groups in total. The molecule has 0 spiro atoms. The predicted molar refractivity (Wildman–Crippen MR) is 92.7 cm³/mol. The van der Waals surface area contributed by atoms with E-state index >= 15 is 0 Å². The number of hydroxylamine groups is 2. The first-order valence-corrected chi connectivity index (χ1v) is 7.93. The molecular formula is C20H18FNO3. The fourth-order valence-electron chi connectivity index (χ4n) is 2.81. The van der Waals surface area contributed by atoms with Gasteiger partial charge in [0.15, 0.2) is 12.0 Å². The maximum atomic E-state index is 13.5. The molecule has 0 amide bonds. The largest absolute Gasteiger partial charge is 0.508 e. The number of halogens is 1. The molecule has 128 valence electrons. The molecule has 3 rings (SSSR count). The minimum Gasteiger partial charge on any atom is -0.508 e. The van der Waals surface area contributed by atoms with Gasteiger partial charge in [-0.05, 0) is 25.1 Å². The Morgan fingerprint density at radius 3 is 2.68 bits per heavy atom. The number of aldehydes is 1. The molecule has 0 bridgehead atoms. The average molecular weight is 339 g/mol. The molecule has 4 nitrogen and oxygen atoms in total. The van der Waals surface area contributed by atoms with E-state index < -0.39 is 11.9 Å². The second-order valence-corrected chi connectivity index (χ2v) is 5.68. The molecule has 0 radical (unpaired) electrons. The van der Waals surface area contributed by atoms with Crippen LogP contribution >= 0.6 is 0 Å². The minimum atomic E-state index is -0.443. The van der Waals surface area contributed by atoms with E-state index in [9.17, 15) is 14.3 Å². The molecule has 2 aromatic carbocycles. The number of carbonyl (C=O) groups excluding carboxylic acids is 1. The summed E-state index contributed by atoms with van der Waals surface area (Å²) in [6.07, 6.45) is 4.43. The Labute approximate surface area is 145 Å². The van der Waals surface area contributed by atoms with E-state index in [0.29, 0.717) is 16.9 Å². The van der Waals surface area contributed by atoms with Crippen LogP contribution in [0.5, 0.6) is 5.75 Å². The van der Waals surface area contributed by atoms with Crippen molar-refractivity contribution in [2.45, 2.75) is 19.5 Å². The van der Waals surface area contributed by atoms with Crippen LogP contribution in [0.1, 0.15) is 18.1 Å². The van der Waals surface area contributed by atoms with E-state index in [-0.39, 0.29) is 12.3 Å². The molecule has 25 heavy (non-hydrogen) atoms. The van der Waals surface area contributed by atoms with Crippen molar-refractivity contribution >= 4 is 12.0 Å². The quantitative estimate of drug-likeness (QED) is 0.664. The van der Waals surface area contributed by atoms with E-state index in [2.05, 4.69) is 0 Å². The van der Waals surface area contributed by atoms with Crippen molar-refractivity contribution in [2.24, 2.45) is 0 Å². The van der Waals surface area contributed by atoms with Gasteiger partial charge in [-0.15, -0.1) is 5.06 Å². The Morgan fingerprint density at radius 2 is 2.00 bits per heavy atom. The summed E-state index contributed by atoms with van der Waals surface area (Å²) in [5, 5.41) is 11.5. The lowest BCUT2D eigenvalue weighted by atomic mass is 10.0. The van der Waals surface area contributed by atoms with Crippen LogP contribution < -0.4 is 0 Å². The standard InChI is InChI=1S/C20H18FNO3/c1-2-6-18-17(13-23)20(14-7-4-3-5-8-14)25-22(18)12-15-11-16(21)9-10-19(15)24/h2-11,13,18,24H,12H2,1H3. The van der Waals surface area contributed by atoms with E-state index in [0.717, 1.165) is 11.8 Å². The highest BCUT2D eigenvalue weighted by atomic mass is 19.1. The Balaban J connectivity index is 1.96. The Hall–Kier alpha value is -2.92. The van der Waals surface area contributed by atoms with Gasteiger partial charge < -0.3 is 9.94 Å². The maximum absolute atomic E-state index is 13.5. The molecule has 1 aliphatic heterocycles. The zero-order valence-electron chi connectivity index (χ0n) is 13.7. The number of carbonyl (C=O) groups is 1. The lowest BCUT2D eigenvalue weighted by molar-refractivity contribution is -0.107. The number of allylic oxidation sites excluding steroid dienone is 1. The number of aromatic hydroxyl groups is 1. The molecular weight excluding hydrogens is 321 g/mol. The van der Waals surface area contributed by atoms with Gasteiger partial charge in [0, 0.05) is 11.1 Å². The number of benzene rings is 2. The lowest BCUT2D eigenvalue weighted by Crippen LogP contribution is -2.29. The fourth-order valence-corrected chi connectivity index (χ4v) is 2.81. The Kier molecular flexibility index (Phi) is 4.95. The molecule has 1 unspecified atom stereocenters. The highest BCUT2D eigenvalue weighted by Gasteiger charge is 2.34. The number of hydrogen-bond acceptors (Lipinski definition) is 4. The number of rotatable bonds is 5. The van der Waals surface area contributed by atoms with Crippen LogP contribution in [-0.2, 0) is 16.2 Å². The van der Waals surface area contributed by atoms with Crippen molar-refractivity contribution in [1.82, 2.24) is 5.06 Å². The lowest BCUT2D eigenvalue weighted by Gasteiger charge is -2.22. The number of nitrogens with zero attached hydrogens (tertiary/aromatic N) is 1. The highest BCUT2D eigenvalue weighted by Crippen LogP contribution is 2.35. The monoisotopic (exact) mass is 339 g/mol. The topological polar surface area (TPSA) is 49.8 Å². The zero-order valence-corrected chi connectivity index (χ0v) is 13.7. The van der Waals surface area contributed by atoms with Gasteiger partial charge in [0.2, 0.25) is 0 Å². The summed E-state index contributed by atoms with van der Waals surface area (Å²) in [4.78, 5) is 17.6. The van der Waals surface area contributed by atoms with Crippen LogP contribution in [-0.4, -0.2) is 22.5 Å². The fraction of sp³-hybridized carbons (Fsp3) is 0.150. The number of phenolic OH excluding ortho intramolecular Hbond substituents is 1. The highest BCUT2D eigenvalue weighted by molar-refractivity contribution is 5.89. The van der Waals surface area contributed by atoms with Gasteiger partial charge in [-0.3, -0.25) is 4.79 Å². The van der Waals surface area contributed by atoms with E-state index in [1.807, 2.05) is 49.4 Å². The van der Waals surface area contributed by atoms with Crippen LogP contribution in [0.15, 0.2) is 66.3 Å². The van der Waals surface area contributed by atoms with Gasteiger partial charge in [0.1, 0.15) is 11.6 Å². The SMILES string of the molecule is CC=CC1C(C=O)=C(c2ccccc2)ON1Cc1cc(F)ccc1O. The van der Waals surface area contributed by atoms with E-state index in [4.69, 9.17) is 4.84 Å². The van der Waals surface area contributed by atoms with Gasteiger partial charge in [-0.25, -0.2) is 4.39 Å². The third kappa shape index (κ3) is 3.46. The third-order valence-corrected chi connectivity index (χ3v) is 4.01. The van der Waals surface area contributed by atoms with Crippen molar-refractivity contribution < 1.29 is 19.1 Å². The van der Waals surface area contributed by atoms with Crippen molar-refractivity contribution in [2.75, 3.05) is 0 Å². The second-order valence-electron chi connectivity index (χ2n) is 5.68. The molecule has 2 aromatic rings. The first-order valence-electron chi connectivity index (χ1n) is 7.93. The molecule has 0 aromatic heterocycles. The molecule has 0 saturated carbocycles. The summed E-state index contributed by atoms with van der Waals surface area (Å²) in [5.41, 5.74) is 1.65. The zero-order chi connectivity index (χ0) is 17.8. The van der Waals surface area contributed by atoms with Crippen molar-refractivity contribution in [3.8, 4) is 5.75 Å². The van der Waals surface area contributed by atoms with Gasteiger partial charge in [0.25, 0.3) is 0 Å². The summed E-state index contributed by atoms with van der Waals surface area (Å²) in [6.45, 7) is 1.98. The molecule has 1 atom stereocenters. The summed E-state index contributed by atoms with van der Waals surface area (Å²) in [6, 6.07) is 12.6. The van der Waals surface area contributed by atoms with Crippen LogP contribution in [0.3, 0.4) is 0 Å². The van der Waals surface area contributed by atoms with Crippen LogP contribution in [0.2, 0.25) is 0 Å². The van der Waals surface area contributed by atoms with Crippen LogP contribution in [0.4, 0.5) is 4.39 Å². The van der Waals surface area contributed by atoms with E-state index in [1.165, 1.54) is 18.2 Å². The van der Waals surface area contributed by atoms with Gasteiger partial charge >= 0.3 is 0 Å². The molecule has 0 saturated heterocycles. The third-order valence-electron chi connectivity index (χ3n) is 4.01. The normalized spacial score (nSPS) is 17.9. The molecule has 5 heteroatoms. The molecule has 1 heterocycles. The molecule has 0 fully saturated rings. The minimum absolute atomic E-state index is 0.0231. The Bertz CT molecular complexity index is 830. The van der Waals surface area contributed by atoms with Crippen molar-refractivity contribution in [3.05, 3.63) is 83.2 Å². The Morgan fingerprint density at radius 1 is 1.24 bits per heavy atom. The van der Waals surface area contributed by atoms with Crippen molar-refractivity contribution in [1.29, 1.82) is 0 Å². The molecule has 0 aliphatic carbocycles. The van der Waals surface area contributed by atoms with Gasteiger partial charge in [-0.2, -0.15) is 0 Å². The van der Waals surface area contributed by atoms with Crippen molar-refractivity contribution in [3.63, 3.8) is 0 Å². The second kappa shape index (κ2) is 7.32. The summed E-state index contributed by atoms with van der Waals surface area (Å²) >= 11 is 0. The summed E-state index contributed by atoms with van der Waals surface area (Å²) in [5.74, 6) is 0.000989. The smallest absolute Gasteiger partial charge is 0.163 e. The summed E-state index contributed by atoms with van der Waals surface area (Å²) < 4.78 is 13.5. The number of hydrogen-bond donors (Lipinski definition) is 1.